The Hall–Kier alpha value is -1.88. The van der Waals surface area contributed by atoms with Crippen molar-refractivity contribution >= 4 is 11.9 Å². The molecule has 19 heavy (non-hydrogen) atoms. The van der Waals surface area contributed by atoms with Gasteiger partial charge in [-0.2, -0.15) is 0 Å². The lowest BCUT2D eigenvalue weighted by atomic mass is 10.1. The number of hydrogen-bond acceptors (Lipinski definition) is 2. The van der Waals surface area contributed by atoms with E-state index in [0.29, 0.717) is 0 Å². The highest BCUT2D eigenvalue weighted by Crippen LogP contribution is 2.04. The molecule has 1 unspecified atom stereocenters. The Kier molecular flexibility index (Phi) is 5.51. The Morgan fingerprint density at radius 3 is 2.53 bits per heavy atom. The van der Waals surface area contributed by atoms with Crippen molar-refractivity contribution in [3.8, 4) is 0 Å². The van der Waals surface area contributed by atoms with E-state index in [1.54, 1.807) is 0 Å². The van der Waals surface area contributed by atoms with E-state index in [9.17, 15) is 9.59 Å². The minimum atomic E-state index is -0.472. The summed E-state index contributed by atoms with van der Waals surface area (Å²) in [4.78, 5) is 24.0. The number of quaternary nitrogens is 1. The smallest absolute Gasteiger partial charge is 0.321 e. The summed E-state index contributed by atoms with van der Waals surface area (Å²) in [5.41, 5.74) is 2.42. The van der Waals surface area contributed by atoms with E-state index in [4.69, 9.17) is 0 Å². The van der Waals surface area contributed by atoms with Crippen LogP contribution in [0.2, 0.25) is 0 Å². The van der Waals surface area contributed by atoms with Crippen LogP contribution in [-0.2, 0) is 11.3 Å². The van der Waals surface area contributed by atoms with Crippen LogP contribution in [0.15, 0.2) is 24.3 Å². The Bertz CT molecular complexity index is 460. The van der Waals surface area contributed by atoms with Crippen LogP contribution >= 0.6 is 0 Å². The van der Waals surface area contributed by atoms with Crippen LogP contribution in [0, 0.1) is 6.92 Å². The van der Waals surface area contributed by atoms with Gasteiger partial charge in [-0.15, -0.1) is 0 Å². The number of urea groups is 1. The second-order valence-electron chi connectivity index (χ2n) is 4.74. The van der Waals surface area contributed by atoms with Gasteiger partial charge in [-0.05, 0) is 19.4 Å². The van der Waals surface area contributed by atoms with Crippen molar-refractivity contribution in [3.63, 3.8) is 0 Å². The number of carbonyl (C=O) groups excluding carboxylic acids is 2. The fourth-order valence-corrected chi connectivity index (χ4v) is 1.77. The van der Waals surface area contributed by atoms with Gasteiger partial charge < -0.3 is 10.2 Å². The largest absolute Gasteiger partial charge is 0.341 e. The van der Waals surface area contributed by atoms with Crippen molar-refractivity contribution in [2.45, 2.75) is 26.4 Å². The highest BCUT2D eigenvalue weighted by atomic mass is 16.2. The number of carbonyl (C=O) groups is 2. The molecule has 0 aliphatic carbocycles. The fraction of sp³-hybridized carbons (Fsp3) is 0.429. The highest BCUT2D eigenvalue weighted by molar-refractivity contribution is 5.96. The van der Waals surface area contributed by atoms with E-state index in [-0.39, 0.29) is 11.9 Å². The molecular weight excluding hydrogens is 242 g/mol. The van der Waals surface area contributed by atoms with Crippen LogP contribution in [0.3, 0.4) is 0 Å². The molecule has 0 bridgehead atoms. The number of likely N-dealkylation sites (N-methyl/N-ethyl adjacent to an activating group) is 1. The molecule has 0 aliphatic rings. The van der Waals surface area contributed by atoms with E-state index in [1.165, 1.54) is 18.2 Å². The van der Waals surface area contributed by atoms with Gasteiger partial charge in [0, 0.05) is 12.6 Å². The van der Waals surface area contributed by atoms with Crippen LogP contribution in [0.25, 0.3) is 0 Å². The van der Waals surface area contributed by atoms with E-state index in [2.05, 4.69) is 29.7 Å². The van der Waals surface area contributed by atoms with Crippen LogP contribution in [0.5, 0.6) is 0 Å². The fourth-order valence-electron chi connectivity index (χ4n) is 1.77. The third-order valence-electron chi connectivity index (χ3n) is 3.33. The van der Waals surface area contributed by atoms with E-state index in [0.717, 1.165) is 11.4 Å². The summed E-state index contributed by atoms with van der Waals surface area (Å²) in [6, 6.07) is 7.33. The summed E-state index contributed by atoms with van der Waals surface area (Å²) in [5, 5.41) is 4.67. The predicted molar refractivity (Wildman–Crippen MR) is 73.8 cm³/mol. The zero-order valence-electron chi connectivity index (χ0n) is 11.9. The van der Waals surface area contributed by atoms with E-state index >= 15 is 0 Å². The van der Waals surface area contributed by atoms with Crippen LogP contribution < -0.4 is 15.5 Å². The van der Waals surface area contributed by atoms with Gasteiger partial charge in [0.1, 0.15) is 6.54 Å². The van der Waals surface area contributed by atoms with Gasteiger partial charge in [0.15, 0.2) is 6.04 Å². The summed E-state index contributed by atoms with van der Waals surface area (Å²) in [6.07, 6.45) is 0. The number of amides is 3. The first-order valence-corrected chi connectivity index (χ1v) is 6.35. The average Bonchev–Trinajstić information content (AvgIpc) is 2.40. The Morgan fingerprint density at radius 1 is 1.32 bits per heavy atom. The van der Waals surface area contributed by atoms with Crippen molar-refractivity contribution in [1.29, 1.82) is 0 Å². The Labute approximate surface area is 114 Å². The predicted octanol–water partition coefficient (Wildman–Crippen LogP) is -0.146. The lowest BCUT2D eigenvalue weighted by molar-refractivity contribution is -0.908. The average molecular weight is 264 g/mol. The standard InChI is InChI=1S/C14H21N3O2/c1-10-7-5-6-8-12(10)9-17(4)11(2)13(18)16-14(19)15-3/h5-8,11H,9H2,1-4H3,(H2,15,16,18,19)/p+1/t11-/m0/s1. The first-order chi connectivity index (χ1) is 8.95. The van der Waals surface area contributed by atoms with Gasteiger partial charge in [0.2, 0.25) is 0 Å². The molecule has 1 aromatic carbocycles. The maximum Gasteiger partial charge on any atom is 0.321 e. The highest BCUT2D eigenvalue weighted by Gasteiger charge is 2.23. The molecule has 104 valence electrons. The summed E-state index contributed by atoms with van der Waals surface area (Å²) in [6.45, 7) is 4.61. The van der Waals surface area contributed by atoms with Gasteiger partial charge in [0.25, 0.3) is 5.91 Å². The molecule has 0 saturated heterocycles. The zero-order valence-corrected chi connectivity index (χ0v) is 11.9. The van der Waals surface area contributed by atoms with Gasteiger partial charge in [0.05, 0.1) is 7.05 Å². The molecule has 0 heterocycles. The maximum absolute atomic E-state index is 11.8. The number of aryl methyl sites for hydroxylation is 1. The van der Waals surface area contributed by atoms with Gasteiger partial charge in [-0.25, -0.2) is 4.79 Å². The first-order valence-electron chi connectivity index (χ1n) is 6.35. The van der Waals surface area contributed by atoms with Gasteiger partial charge >= 0.3 is 6.03 Å². The number of rotatable bonds is 4. The second-order valence-corrected chi connectivity index (χ2v) is 4.74. The van der Waals surface area contributed by atoms with Crippen molar-refractivity contribution in [1.82, 2.24) is 10.6 Å². The van der Waals surface area contributed by atoms with Crippen molar-refractivity contribution < 1.29 is 14.5 Å². The van der Waals surface area contributed by atoms with Crippen molar-refractivity contribution in [2.24, 2.45) is 0 Å². The summed E-state index contributed by atoms with van der Waals surface area (Å²) in [5.74, 6) is -0.273. The molecule has 1 rings (SSSR count). The molecule has 0 radical (unpaired) electrons. The lowest BCUT2D eigenvalue weighted by Gasteiger charge is -2.21. The Morgan fingerprint density at radius 2 is 1.95 bits per heavy atom. The molecule has 2 atom stereocenters. The van der Waals surface area contributed by atoms with Crippen LogP contribution in [-0.4, -0.2) is 32.1 Å². The Balaban J connectivity index is 2.62. The molecule has 3 N–H and O–H groups in total. The third kappa shape index (κ3) is 4.37. The number of hydrogen-bond donors (Lipinski definition) is 3. The molecule has 0 aromatic heterocycles. The topological polar surface area (TPSA) is 62.6 Å². The van der Waals surface area contributed by atoms with E-state index in [1.807, 2.05) is 26.1 Å². The minimum Gasteiger partial charge on any atom is -0.341 e. The minimum absolute atomic E-state index is 0.273. The zero-order chi connectivity index (χ0) is 14.4. The number of benzene rings is 1. The molecule has 0 saturated carbocycles. The number of nitrogens with one attached hydrogen (secondary N) is 3. The summed E-state index contributed by atoms with van der Waals surface area (Å²) >= 11 is 0. The molecular formula is C14H22N3O2+. The monoisotopic (exact) mass is 264 g/mol. The molecule has 0 spiro atoms. The van der Waals surface area contributed by atoms with Gasteiger partial charge in [-0.1, -0.05) is 24.3 Å². The summed E-state index contributed by atoms with van der Waals surface area (Å²) < 4.78 is 0. The van der Waals surface area contributed by atoms with Crippen molar-refractivity contribution in [2.75, 3.05) is 14.1 Å². The summed E-state index contributed by atoms with van der Waals surface area (Å²) in [7, 11) is 3.43. The van der Waals surface area contributed by atoms with Crippen LogP contribution in [0.4, 0.5) is 4.79 Å². The normalized spacial score (nSPS) is 13.5. The number of imide groups is 1. The molecule has 0 fully saturated rings. The van der Waals surface area contributed by atoms with Crippen LogP contribution in [0.1, 0.15) is 18.1 Å². The molecule has 5 heteroatoms. The maximum atomic E-state index is 11.8. The first kappa shape index (κ1) is 15.2. The molecule has 5 nitrogen and oxygen atoms in total. The molecule has 1 aromatic rings. The quantitative estimate of drug-likeness (QED) is 0.708. The molecule has 3 amide bonds. The van der Waals surface area contributed by atoms with Gasteiger partial charge in [-0.3, -0.25) is 10.1 Å². The second kappa shape index (κ2) is 6.89. The third-order valence-corrected chi connectivity index (χ3v) is 3.33. The molecule has 0 aliphatic heterocycles. The van der Waals surface area contributed by atoms with Crippen molar-refractivity contribution in [3.05, 3.63) is 35.4 Å². The lowest BCUT2D eigenvalue weighted by Crippen LogP contribution is -3.12. The SMILES string of the molecule is CNC(=O)NC(=O)[C@H](C)[NH+](C)Cc1ccccc1C. The van der Waals surface area contributed by atoms with E-state index < -0.39 is 6.03 Å².